The number of oxazole rings is 1. The highest BCUT2D eigenvalue weighted by Crippen LogP contribution is 2.25. The minimum Gasteiger partial charge on any atom is -0.497 e. The molecule has 0 aliphatic carbocycles. The second kappa shape index (κ2) is 10.3. The normalized spacial score (nSPS) is 14.2. The van der Waals surface area contributed by atoms with Gasteiger partial charge in [0.25, 0.3) is 0 Å². The Kier molecular flexibility index (Phi) is 7.07. The molecule has 0 spiro atoms. The van der Waals surface area contributed by atoms with Crippen LogP contribution in [0.1, 0.15) is 35.5 Å². The Bertz CT molecular complexity index is 1080. The highest BCUT2D eigenvalue weighted by molar-refractivity contribution is 5.98. The first-order valence-electron chi connectivity index (χ1n) is 11.1. The lowest BCUT2D eigenvalue weighted by Crippen LogP contribution is -2.40. The topological polar surface area (TPSA) is 81.9 Å². The Morgan fingerprint density at radius 1 is 0.970 bits per heavy atom. The van der Waals surface area contributed by atoms with E-state index in [4.69, 9.17) is 13.9 Å². The predicted molar refractivity (Wildman–Crippen MR) is 123 cm³/mol. The van der Waals surface area contributed by atoms with E-state index in [0.717, 1.165) is 17.1 Å². The first-order valence-corrected chi connectivity index (χ1v) is 11.1. The average molecular weight is 449 g/mol. The number of hydrogen-bond donors (Lipinski definition) is 0. The van der Waals surface area contributed by atoms with Gasteiger partial charge >= 0.3 is 0 Å². The molecular formula is C26H28N2O5. The van der Waals surface area contributed by atoms with E-state index in [-0.39, 0.29) is 17.6 Å². The van der Waals surface area contributed by atoms with Crippen molar-refractivity contribution in [3.05, 3.63) is 66.2 Å². The van der Waals surface area contributed by atoms with Crippen molar-refractivity contribution in [1.82, 2.24) is 9.88 Å². The molecule has 1 aromatic heterocycles. The third-order valence-corrected chi connectivity index (χ3v) is 6.07. The lowest BCUT2D eigenvalue weighted by molar-refractivity contribution is -0.132. The molecule has 0 atom stereocenters. The summed E-state index contributed by atoms with van der Waals surface area (Å²) in [5.41, 5.74) is 1.60. The third-order valence-electron chi connectivity index (χ3n) is 6.07. The van der Waals surface area contributed by atoms with E-state index < -0.39 is 0 Å². The molecule has 1 saturated heterocycles. The summed E-state index contributed by atoms with van der Waals surface area (Å²) in [4.78, 5) is 31.6. The maximum Gasteiger partial charge on any atom is 0.223 e. The first-order chi connectivity index (χ1) is 16.1. The van der Waals surface area contributed by atoms with Gasteiger partial charge in [0.15, 0.2) is 17.4 Å². The molecule has 1 aliphatic rings. The number of amides is 1. The molecule has 0 unspecified atom stereocenters. The van der Waals surface area contributed by atoms with Gasteiger partial charge in [-0.1, -0.05) is 0 Å². The van der Waals surface area contributed by atoms with Crippen LogP contribution in [-0.2, 0) is 11.2 Å². The van der Waals surface area contributed by atoms with Crippen LogP contribution in [0.2, 0.25) is 0 Å². The number of ether oxygens (including phenoxy) is 2. The highest BCUT2D eigenvalue weighted by atomic mass is 16.5. The van der Waals surface area contributed by atoms with Crippen LogP contribution in [-0.4, -0.2) is 48.9 Å². The van der Waals surface area contributed by atoms with Crippen LogP contribution in [0.25, 0.3) is 11.3 Å². The molecule has 172 valence electrons. The van der Waals surface area contributed by atoms with Crippen LogP contribution in [0.15, 0.2) is 59.1 Å². The van der Waals surface area contributed by atoms with Crippen molar-refractivity contribution in [1.29, 1.82) is 0 Å². The van der Waals surface area contributed by atoms with Gasteiger partial charge in [0, 0.05) is 43.0 Å². The molecule has 33 heavy (non-hydrogen) atoms. The largest absolute Gasteiger partial charge is 0.497 e. The quantitative estimate of drug-likeness (QED) is 0.475. The lowest BCUT2D eigenvalue weighted by atomic mass is 9.88. The maximum absolute atomic E-state index is 12.8. The molecule has 7 heteroatoms. The molecular weight excluding hydrogens is 420 g/mol. The summed E-state index contributed by atoms with van der Waals surface area (Å²) in [6.07, 6.45) is 3.81. The molecule has 0 radical (unpaired) electrons. The lowest BCUT2D eigenvalue weighted by Gasteiger charge is -2.31. The molecule has 1 amide bonds. The molecule has 0 saturated carbocycles. The van der Waals surface area contributed by atoms with Gasteiger partial charge in [-0.05, 0) is 61.4 Å². The van der Waals surface area contributed by atoms with E-state index >= 15 is 0 Å². The number of nitrogens with zero attached hydrogens (tertiary/aromatic N) is 2. The number of methoxy groups -OCH3 is 2. The third kappa shape index (κ3) is 5.42. The van der Waals surface area contributed by atoms with Gasteiger partial charge in [-0.3, -0.25) is 9.59 Å². The van der Waals surface area contributed by atoms with E-state index in [2.05, 4.69) is 4.98 Å². The number of carbonyl (C=O) groups excluding carboxylic acids is 2. The standard InChI is InChI=1S/C26H28N2O5/c1-31-21-7-3-18(4-8-21)23-17-27-24(33-23)11-12-25(29)28-15-13-20(14-16-28)26(30)19-5-9-22(32-2)10-6-19/h3-10,17,20H,11-16H2,1-2H3. The molecule has 1 aliphatic heterocycles. The number of carbonyl (C=O) groups is 2. The Morgan fingerprint density at radius 2 is 1.58 bits per heavy atom. The minimum atomic E-state index is -0.0544. The zero-order valence-electron chi connectivity index (χ0n) is 19.0. The zero-order valence-corrected chi connectivity index (χ0v) is 19.0. The fraction of sp³-hybridized carbons (Fsp3) is 0.346. The van der Waals surface area contributed by atoms with E-state index in [9.17, 15) is 9.59 Å². The molecule has 0 bridgehead atoms. The monoisotopic (exact) mass is 448 g/mol. The summed E-state index contributed by atoms with van der Waals surface area (Å²) < 4.78 is 16.1. The van der Waals surface area contributed by atoms with Gasteiger partial charge in [-0.2, -0.15) is 0 Å². The predicted octanol–water partition coefficient (Wildman–Crippen LogP) is 4.41. The summed E-state index contributed by atoms with van der Waals surface area (Å²) in [6.45, 7) is 1.18. The molecule has 7 nitrogen and oxygen atoms in total. The van der Waals surface area contributed by atoms with Gasteiger partial charge in [0.1, 0.15) is 11.5 Å². The number of likely N-dealkylation sites (tertiary alicyclic amines) is 1. The number of aryl methyl sites for hydroxylation is 1. The number of aromatic nitrogens is 1. The summed E-state index contributed by atoms with van der Waals surface area (Å²) in [6, 6.07) is 14.7. The highest BCUT2D eigenvalue weighted by Gasteiger charge is 2.28. The van der Waals surface area contributed by atoms with Crippen molar-refractivity contribution in [2.45, 2.75) is 25.7 Å². The van der Waals surface area contributed by atoms with Gasteiger partial charge < -0.3 is 18.8 Å². The minimum absolute atomic E-state index is 0.0544. The molecule has 4 rings (SSSR count). The summed E-state index contributed by atoms with van der Waals surface area (Å²) in [5, 5.41) is 0. The van der Waals surface area contributed by atoms with Gasteiger partial charge in [0.2, 0.25) is 5.91 Å². The fourth-order valence-corrected chi connectivity index (χ4v) is 4.07. The van der Waals surface area contributed by atoms with Crippen molar-refractivity contribution < 1.29 is 23.5 Å². The second-order valence-corrected chi connectivity index (χ2v) is 8.09. The number of piperidine rings is 1. The van der Waals surface area contributed by atoms with Crippen molar-refractivity contribution in [2.24, 2.45) is 5.92 Å². The Morgan fingerprint density at radius 3 is 2.18 bits per heavy atom. The number of rotatable bonds is 8. The summed E-state index contributed by atoms with van der Waals surface area (Å²) in [7, 11) is 3.23. The van der Waals surface area contributed by atoms with E-state index in [1.165, 1.54) is 0 Å². The SMILES string of the molecule is COc1ccc(C(=O)C2CCN(C(=O)CCc3ncc(-c4ccc(OC)cc4)o3)CC2)cc1. The molecule has 2 heterocycles. The van der Waals surface area contributed by atoms with Crippen LogP contribution >= 0.6 is 0 Å². The van der Waals surface area contributed by atoms with Crippen molar-refractivity contribution >= 4 is 11.7 Å². The maximum atomic E-state index is 12.8. The van der Waals surface area contributed by atoms with Crippen LogP contribution in [0.4, 0.5) is 0 Å². The number of benzene rings is 2. The van der Waals surface area contributed by atoms with E-state index in [1.807, 2.05) is 29.2 Å². The van der Waals surface area contributed by atoms with Crippen molar-refractivity contribution in [3.8, 4) is 22.8 Å². The van der Waals surface area contributed by atoms with Crippen LogP contribution in [0, 0.1) is 5.92 Å². The Hall–Kier alpha value is -3.61. The second-order valence-electron chi connectivity index (χ2n) is 8.09. The van der Waals surface area contributed by atoms with Gasteiger partial charge in [0.05, 0.1) is 20.4 Å². The van der Waals surface area contributed by atoms with Crippen molar-refractivity contribution in [2.75, 3.05) is 27.3 Å². The fourth-order valence-electron chi connectivity index (χ4n) is 4.07. The number of Topliss-reactive ketones (excluding diaryl/α,β-unsaturated/α-hetero) is 1. The molecule has 2 aromatic carbocycles. The van der Waals surface area contributed by atoms with Gasteiger partial charge in [-0.15, -0.1) is 0 Å². The zero-order chi connectivity index (χ0) is 23.2. The van der Waals surface area contributed by atoms with E-state index in [1.54, 1.807) is 44.7 Å². The van der Waals surface area contributed by atoms with Crippen LogP contribution < -0.4 is 9.47 Å². The first kappa shape index (κ1) is 22.6. The smallest absolute Gasteiger partial charge is 0.223 e. The van der Waals surface area contributed by atoms with Crippen LogP contribution in [0.3, 0.4) is 0 Å². The van der Waals surface area contributed by atoms with E-state index in [0.29, 0.717) is 56.0 Å². The van der Waals surface area contributed by atoms with Gasteiger partial charge in [-0.25, -0.2) is 4.98 Å². The summed E-state index contributed by atoms with van der Waals surface area (Å²) >= 11 is 0. The molecule has 3 aromatic rings. The number of ketones is 1. The molecule has 1 fully saturated rings. The summed E-state index contributed by atoms with van der Waals surface area (Å²) in [5.74, 6) is 2.86. The molecule has 0 N–H and O–H groups in total. The Labute approximate surface area is 193 Å². The Balaban J connectivity index is 1.25. The number of hydrogen-bond acceptors (Lipinski definition) is 6. The average Bonchev–Trinajstić information content (AvgIpc) is 3.36. The van der Waals surface area contributed by atoms with Crippen molar-refractivity contribution in [3.63, 3.8) is 0 Å². The van der Waals surface area contributed by atoms with Crippen LogP contribution in [0.5, 0.6) is 11.5 Å².